The first-order valence-electron chi connectivity index (χ1n) is 6.57. The number of hydrogen-bond donors (Lipinski definition) is 1. The highest BCUT2D eigenvalue weighted by Gasteiger charge is 2.17. The third kappa shape index (κ3) is 3.76. The van der Waals surface area contributed by atoms with Gasteiger partial charge in [0, 0.05) is 24.4 Å². The van der Waals surface area contributed by atoms with Crippen molar-refractivity contribution in [1.29, 1.82) is 0 Å². The van der Waals surface area contributed by atoms with E-state index in [1.807, 2.05) is 11.3 Å². The van der Waals surface area contributed by atoms with Crippen molar-refractivity contribution in [3.8, 4) is 0 Å². The van der Waals surface area contributed by atoms with Gasteiger partial charge < -0.3 is 10.1 Å². The molecule has 0 aliphatic carbocycles. The third-order valence-corrected chi connectivity index (χ3v) is 4.33. The van der Waals surface area contributed by atoms with E-state index in [-0.39, 0.29) is 0 Å². The average Bonchev–Trinajstić information content (AvgIpc) is 2.68. The summed E-state index contributed by atoms with van der Waals surface area (Å²) in [6.07, 6.45) is 5.12. The molecule has 1 aromatic heterocycles. The molecule has 3 nitrogen and oxygen atoms in total. The Balaban J connectivity index is 1.91. The molecular formula is C13H22N2OS. The lowest BCUT2D eigenvalue weighted by Crippen LogP contribution is -2.21. The topological polar surface area (TPSA) is 34.1 Å². The van der Waals surface area contributed by atoms with Crippen molar-refractivity contribution in [3.05, 3.63) is 15.6 Å². The van der Waals surface area contributed by atoms with Gasteiger partial charge in [-0.05, 0) is 32.7 Å². The first-order valence-corrected chi connectivity index (χ1v) is 7.38. The normalized spacial score (nSPS) is 20.7. The van der Waals surface area contributed by atoms with Crippen LogP contribution in [0.15, 0.2) is 0 Å². The lowest BCUT2D eigenvalue weighted by molar-refractivity contribution is 0.0167. The smallest absolute Gasteiger partial charge is 0.0957 e. The molecule has 1 fully saturated rings. The van der Waals surface area contributed by atoms with E-state index in [0.29, 0.717) is 6.10 Å². The second-order valence-corrected chi connectivity index (χ2v) is 5.76. The Morgan fingerprint density at radius 3 is 3.06 bits per heavy atom. The van der Waals surface area contributed by atoms with Crippen LogP contribution in [0.2, 0.25) is 0 Å². The number of aromatic nitrogens is 1. The largest absolute Gasteiger partial charge is 0.378 e. The summed E-state index contributed by atoms with van der Waals surface area (Å²) in [7, 11) is 0. The maximum Gasteiger partial charge on any atom is 0.0957 e. The molecule has 1 unspecified atom stereocenters. The van der Waals surface area contributed by atoms with Gasteiger partial charge in [0.05, 0.1) is 16.8 Å². The number of hydrogen-bond acceptors (Lipinski definition) is 4. The zero-order valence-corrected chi connectivity index (χ0v) is 11.6. The van der Waals surface area contributed by atoms with E-state index in [2.05, 4.69) is 24.1 Å². The lowest BCUT2D eigenvalue weighted by Gasteiger charge is -2.21. The van der Waals surface area contributed by atoms with Crippen LogP contribution in [0, 0.1) is 6.92 Å². The Morgan fingerprint density at radius 2 is 2.35 bits per heavy atom. The van der Waals surface area contributed by atoms with Crippen molar-refractivity contribution in [2.45, 2.75) is 52.2 Å². The van der Waals surface area contributed by atoms with Crippen LogP contribution in [0.3, 0.4) is 0 Å². The number of aryl methyl sites for hydroxylation is 1. The molecule has 17 heavy (non-hydrogen) atoms. The Labute approximate surface area is 108 Å². The molecule has 0 radical (unpaired) electrons. The van der Waals surface area contributed by atoms with Crippen LogP contribution in [0.5, 0.6) is 0 Å². The van der Waals surface area contributed by atoms with Crippen LogP contribution >= 0.6 is 11.3 Å². The Morgan fingerprint density at radius 1 is 1.47 bits per heavy atom. The molecule has 0 bridgehead atoms. The summed E-state index contributed by atoms with van der Waals surface area (Å²) < 4.78 is 5.76. The molecule has 0 saturated carbocycles. The quantitative estimate of drug-likeness (QED) is 0.877. The maximum atomic E-state index is 5.76. The number of thiazole rings is 1. The van der Waals surface area contributed by atoms with Gasteiger partial charge in [0.25, 0.3) is 0 Å². The van der Waals surface area contributed by atoms with Gasteiger partial charge in [-0.15, -0.1) is 11.3 Å². The van der Waals surface area contributed by atoms with Crippen molar-refractivity contribution in [2.75, 3.05) is 13.2 Å². The fourth-order valence-electron chi connectivity index (χ4n) is 2.14. The van der Waals surface area contributed by atoms with Gasteiger partial charge in [-0.25, -0.2) is 4.98 Å². The summed E-state index contributed by atoms with van der Waals surface area (Å²) in [6.45, 7) is 7.13. The van der Waals surface area contributed by atoms with Gasteiger partial charge >= 0.3 is 0 Å². The van der Waals surface area contributed by atoms with E-state index in [4.69, 9.17) is 4.74 Å². The van der Waals surface area contributed by atoms with Crippen LogP contribution < -0.4 is 5.32 Å². The van der Waals surface area contributed by atoms with Gasteiger partial charge in [0.1, 0.15) is 0 Å². The minimum Gasteiger partial charge on any atom is -0.378 e. The van der Waals surface area contributed by atoms with E-state index in [0.717, 1.165) is 26.1 Å². The molecule has 1 saturated heterocycles. The van der Waals surface area contributed by atoms with Crippen LogP contribution in [0.25, 0.3) is 0 Å². The van der Waals surface area contributed by atoms with E-state index < -0.39 is 0 Å². The Hall–Kier alpha value is -0.450. The fourth-order valence-corrected chi connectivity index (χ4v) is 3.25. The first kappa shape index (κ1) is 13.0. The van der Waals surface area contributed by atoms with Crippen molar-refractivity contribution < 1.29 is 4.74 Å². The average molecular weight is 254 g/mol. The molecule has 1 N–H and O–H groups in total. The second kappa shape index (κ2) is 6.47. The number of ether oxygens (including phenoxy) is 1. The predicted octanol–water partition coefficient (Wildman–Crippen LogP) is 2.67. The second-order valence-electron chi connectivity index (χ2n) is 4.59. The molecule has 0 spiro atoms. The molecule has 96 valence electrons. The summed E-state index contributed by atoms with van der Waals surface area (Å²) in [5.74, 6) is 0. The van der Waals surface area contributed by atoms with Crippen LogP contribution in [0.1, 0.15) is 41.8 Å². The number of rotatable bonds is 5. The van der Waals surface area contributed by atoms with E-state index >= 15 is 0 Å². The minimum absolute atomic E-state index is 0.404. The van der Waals surface area contributed by atoms with Crippen molar-refractivity contribution in [3.63, 3.8) is 0 Å². The van der Waals surface area contributed by atoms with Crippen LogP contribution in [0.4, 0.5) is 0 Å². The standard InChI is InChI=1S/C13H22N2OS/c1-3-14-9-12-10(2)15-13(17-12)8-11-6-4-5-7-16-11/h11,14H,3-9H2,1-2H3. The van der Waals surface area contributed by atoms with Gasteiger partial charge in [-0.3, -0.25) is 0 Å². The minimum atomic E-state index is 0.404. The molecule has 1 aliphatic rings. The summed E-state index contributed by atoms with van der Waals surface area (Å²) in [5.41, 5.74) is 1.18. The zero-order valence-electron chi connectivity index (χ0n) is 10.8. The molecule has 2 rings (SSSR count). The van der Waals surface area contributed by atoms with Gasteiger partial charge in [0.2, 0.25) is 0 Å². The Bertz CT molecular complexity index is 345. The molecule has 1 aliphatic heterocycles. The Kier molecular flexibility index (Phi) is 4.95. The molecule has 0 amide bonds. The summed E-state index contributed by atoms with van der Waals surface area (Å²) in [5, 5.41) is 4.60. The molecule has 0 aromatic carbocycles. The molecule has 1 atom stereocenters. The fraction of sp³-hybridized carbons (Fsp3) is 0.769. The van der Waals surface area contributed by atoms with E-state index in [1.165, 1.54) is 34.8 Å². The van der Waals surface area contributed by atoms with Crippen molar-refractivity contribution in [1.82, 2.24) is 10.3 Å². The van der Waals surface area contributed by atoms with Gasteiger partial charge in [-0.1, -0.05) is 6.92 Å². The number of nitrogens with one attached hydrogen (secondary N) is 1. The molecule has 2 heterocycles. The van der Waals surface area contributed by atoms with E-state index in [9.17, 15) is 0 Å². The van der Waals surface area contributed by atoms with Crippen LogP contribution in [-0.2, 0) is 17.7 Å². The highest BCUT2D eigenvalue weighted by Crippen LogP contribution is 2.23. The SMILES string of the molecule is CCNCc1sc(CC2CCCCO2)nc1C. The molecule has 1 aromatic rings. The van der Waals surface area contributed by atoms with Crippen molar-refractivity contribution >= 4 is 11.3 Å². The van der Waals surface area contributed by atoms with Crippen molar-refractivity contribution in [2.24, 2.45) is 0 Å². The van der Waals surface area contributed by atoms with Crippen LogP contribution in [-0.4, -0.2) is 24.2 Å². The maximum absolute atomic E-state index is 5.76. The number of nitrogens with zero attached hydrogens (tertiary/aromatic N) is 1. The predicted molar refractivity (Wildman–Crippen MR) is 71.5 cm³/mol. The zero-order chi connectivity index (χ0) is 12.1. The highest BCUT2D eigenvalue weighted by atomic mass is 32.1. The monoisotopic (exact) mass is 254 g/mol. The summed E-state index contributed by atoms with van der Waals surface area (Å²) in [6, 6.07) is 0. The van der Waals surface area contributed by atoms with E-state index in [1.54, 1.807) is 0 Å². The van der Waals surface area contributed by atoms with Gasteiger partial charge in [-0.2, -0.15) is 0 Å². The molecule has 4 heteroatoms. The first-order chi connectivity index (χ1) is 8.29. The highest BCUT2D eigenvalue weighted by molar-refractivity contribution is 7.11. The van der Waals surface area contributed by atoms with Gasteiger partial charge in [0.15, 0.2) is 0 Å². The summed E-state index contributed by atoms with van der Waals surface area (Å²) in [4.78, 5) is 6.03. The third-order valence-electron chi connectivity index (χ3n) is 3.15. The molecular weight excluding hydrogens is 232 g/mol. The lowest BCUT2D eigenvalue weighted by atomic mass is 10.1. The summed E-state index contributed by atoms with van der Waals surface area (Å²) >= 11 is 1.84.